The zero-order valence-corrected chi connectivity index (χ0v) is 15.6. The quantitative estimate of drug-likeness (QED) is 0.526. The monoisotopic (exact) mass is 397 g/mol. The molecule has 2 heterocycles. The van der Waals surface area contributed by atoms with E-state index in [1.54, 1.807) is 42.6 Å². The Hall–Kier alpha value is -3.46. The van der Waals surface area contributed by atoms with Crippen molar-refractivity contribution in [2.45, 2.75) is 6.92 Å². The number of nitrogens with one attached hydrogen (secondary N) is 1. The van der Waals surface area contributed by atoms with Crippen molar-refractivity contribution in [2.24, 2.45) is 0 Å². The van der Waals surface area contributed by atoms with Crippen LogP contribution in [-0.4, -0.2) is 29.0 Å². The zero-order chi connectivity index (χ0) is 19.7. The summed E-state index contributed by atoms with van der Waals surface area (Å²) in [6.07, 6.45) is 0. The highest BCUT2D eigenvalue weighted by molar-refractivity contribution is 7.14. The predicted molar refractivity (Wildman–Crippen MR) is 104 cm³/mol. The van der Waals surface area contributed by atoms with Gasteiger partial charge in [-0.15, -0.1) is 11.3 Å². The van der Waals surface area contributed by atoms with Crippen LogP contribution in [0, 0.1) is 17.0 Å². The van der Waals surface area contributed by atoms with Crippen LogP contribution in [0.4, 0.5) is 10.8 Å². The number of nitro benzene ring substituents is 1. The van der Waals surface area contributed by atoms with Crippen LogP contribution in [0.25, 0.3) is 11.3 Å². The average Bonchev–Trinajstić information content (AvgIpc) is 3.16. The molecule has 0 fully saturated rings. The van der Waals surface area contributed by atoms with Crippen LogP contribution in [0.3, 0.4) is 0 Å². The smallest absolute Gasteiger partial charge is 0.272 e. The number of carbonyl (C=O) groups is 1. The van der Waals surface area contributed by atoms with Gasteiger partial charge in [-0.05, 0) is 25.1 Å². The lowest BCUT2D eigenvalue weighted by atomic mass is 10.1. The third-order valence-electron chi connectivity index (χ3n) is 4.23. The summed E-state index contributed by atoms with van der Waals surface area (Å²) in [5, 5.41) is 16.0. The Morgan fingerprint density at radius 2 is 1.96 bits per heavy atom. The molecule has 0 spiro atoms. The van der Waals surface area contributed by atoms with Crippen molar-refractivity contribution >= 4 is 28.1 Å². The molecule has 0 unspecified atom stereocenters. The molecule has 1 N–H and O–H groups in total. The normalized spacial score (nSPS) is 12.5. The van der Waals surface area contributed by atoms with Crippen molar-refractivity contribution in [2.75, 3.05) is 18.5 Å². The summed E-state index contributed by atoms with van der Waals surface area (Å²) in [6.45, 7) is 2.61. The third-order valence-corrected chi connectivity index (χ3v) is 4.99. The second-order valence-electron chi connectivity index (χ2n) is 6.11. The van der Waals surface area contributed by atoms with Gasteiger partial charge >= 0.3 is 0 Å². The summed E-state index contributed by atoms with van der Waals surface area (Å²) in [5.74, 6) is 0.818. The van der Waals surface area contributed by atoms with E-state index in [1.807, 2.05) is 0 Å². The van der Waals surface area contributed by atoms with E-state index in [0.717, 1.165) is 0 Å². The third kappa shape index (κ3) is 3.52. The Morgan fingerprint density at radius 3 is 2.75 bits per heavy atom. The fourth-order valence-corrected chi connectivity index (χ4v) is 3.50. The first-order chi connectivity index (χ1) is 13.5. The Labute approximate surface area is 163 Å². The number of hydrogen-bond acceptors (Lipinski definition) is 7. The zero-order valence-electron chi connectivity index (χ0n) is 14.8. The lowest BCUT2D eigenvalue weighted by Gasteiger charge is -2.18. The van der Waals surface area contributed by atoms with Gasteiger partial charge in [-0.1, -0.05) is 12.1 Å². The predicted octanol–water partition coefficient (Wildman–Crippen LogP) is 4.05. The number of carbonyl (C=O) groups excluding carboxylic acids is 1. The maximum atomic E-state index is 12.5. The minimum absolute atomic E-state index is 0.0346. The van der Waals surface area contributed by atoms with E-state index in [0.29, 0.717) is 52.2 Å². The van der Waals surface area contributed by atoms with Crippen LogP contribution < -0.4 is 14.8 Å². The van der Waals surface area contributed by atoms with Crippen molar-refractivity contribution < 1.29 is 19.2 Å². The molecule has 0 saturated heterocycles. The molecule has 9 heteroatoms. The number of nitro groups is 1. The van der Waals surface area contributed by atoms with E-state index in [1.165, 1.54) is 17.4 Å². The van der Waals surface area contributed by atoms with E-state index in [2.05, 4.69) is 10.3 Å². The van der Waals surface area contributed by atoms with Crippen LogP contribution in [0.15, 0.2) is 41.8 Å². The van der Waals surface area contributed by atoms with Crippen molar-refractivity contribution in [1.29, 1.82) is 0 Å². The molecule has 0 radical (unpaired) electrons. The molecule has 3 aromatic rings. The maximum Gasteiger partial charge on any atom is 0.272 e. The summed E-state index contributed by atoms with van der Waals surface area (Å²) >= 11 is 1.25. The number of amides is 1. The summed E-state index contributed by atoms with van der Waals surface area (Å²) in [7, 11) is 0. The summed E-state index contributed by atoms with van der Waals surface area (Å²) in [4.78, 5) is 27.6. The highest BCUT2D eigenvalue weighted by Gasteiger charge is 2.17. The molecule has 4 rings (SSSR count). The molecule has 142 valence electrons. The molecule has 0 aliphatic carbocycles. The fraction of sp³-hybridized carbons (Fsp3) is 0.158. The van der Waals surface area contributed by atoms with E-state index >= 15 is 0 Å². The second-order valence-corrected chi connectivity index (χ2v) is 6.97. The van der Waals surface area contributed by atoms with Crippen LogP contribution in [-0.2, 0) is 0 Å². The first-order valence-electron chi connectivity index (χ1n) is 8.43. The Morgan fingerprint density at radius 1 is 1.18 bits per heavy atom. The molecule has 2 aromatic carbocycles. The van der Waals surface area contributed by atoms with Gasteiger partial charge in [0.25, 0.3) is 11.6 Å². The number of aromatic nitrogens is 1. The average molecular weight is 397 g/mol. The van der Waals surface area contributed by atoms with E-state index in [9.17, 15) is 14.9 Å². The highest BCUT2D eigenvalue weighted by atomic mass is 32.1. The number of nitrogens with zero attached hydrogens (tertiary/aromatic N) is 2. The van der Waals surface area contributed by atoms with Crippen LogP contribution in [0.2, 0.25) is 0 Å². The molecular weight excluding hydrogens is 382 g/mol. The van der Waals surface area contributed by atoms with Gasteiger partial charge in [-0.3, -0.25) is 20.2 Å². The number of aryl methyl sites for hydroxylation is 1. The fourth-order valence-electron chi connectivity index (χ4n) is 2.78. The Kier molecular flexibility index (Phi) is 4.66. The number of anilines is 1. The summed E-state index contributed by atoms with van der Waals surface area (Å²) < 4.78 is 10.9. The van der Waals surface area contributed by atoms with Gasteiger partial charge < -0.3 is 9.47 Å². The molecule has 0 bridgehead atoms. The van der Waals surface area contributed by atoms with Crippen molar-refractivity contribution in [3.8, 4) is 22.8 Å². The van der Waals surface area contributed by atoms with E-state index in [-0.39, 0.29) is 11.6 Å². The minimum atomic E-state index is -0.421. The van der Waals surface area contributed by atoms with Crippen molar-refractivity contribution in [3.63, 3.8) is 0 Å². The van der Waals surface area contributed by atoms with Gasteiger partial charge in [0.2, 0.25) is 0 Å². The molecule has 1 amide bonds. The molecular formula is C19H15N3O5S. The number of thiazole rings is 1. The van der Waals surface area contributed by atoms with Gasteiger partial charge in [0, 0.05) is 28.1 Å². The largest absolute Gasteiger partial charge is 0.486 e. The topological polar surface area (TPSA) is 104 Å². The molecule has 0 atom stereocenters. The first-order valence-corrected chi connectivity index (χ1v) is 9.31. The summed E-state index contributed by atoms with van der Waals surface area (Å²) in [5.41, 5.74) is 2.22. The Balaban J connectivity index is 1.53. The van der Waals surface area contributed by atoms with Gasteiger partial charge in [0.05, 0.1) is 10.6 Å². The highest BCUT2D eigenvalue weighted by Crippen LogP contribution is 2.32. The molecule has 1 aliphatic rings. The van der Waals surface area contributed by atoms with Crippen LogP contribution >= 0.6 is 11.3 Å². The maximum absolute atomic E-state index is 12.5. The van der Waals surface area contributed by atoms with Gasteiger partial charge in [0.15, 0.2) is 16.6 Å². The number of ether oxygens (including phenoxy) is 2. The summed E-state index contributed by atoms with van der Waals surface area (Å²) in [6, 6.07) is 9.91. The van der Waals surface area contributed by atoms with Crippen LogP contribution in [0.5, 0.6) is 11.5 Å². The Bertz CT molecular complexity index is 1080. The number of fused-ring (bicyclic) bond motifs is 1. The first kappa shape index (κ1) is 17.9. The van der Waals surface area contributed by atoms with E-state index < -0.39 is 4.92 Å². The molecule has 1 aromatic heterocycles. The lowest BCUT2D eigenvalue weighted by Crippen LogP contribution is -2.17. The SMILES string of the molecule is Cc1ccc(-c2csc(NC(=O)c3ccc4c(c3)OCCO4)n2)cc1[N+](=O)[O-]. The van der Waals surface area contributed by atoms with Gasteiger partial charge in [-0.25, -0.2) is 4.98 Å². The van der Waals surface area contributed by atoms with Crippen molar-refractivity contribution in [3.05, 3.63) is 63.0 Å². The number of benzene rings is 2. The molecule has 0 saturated carbocycles. The number of rotatable bonds is 4. The lowest BCUT2D eigenvalue weighted by molar-refractivity contribution is -0.385. The molecule has 8 nitrogen and oxygen atoms in total. The van der Waals surface area contributed by atoms with Gasteiger partial charge in [-0.2, -0.15) is 0 Å². The van der Waals surface area contributed by atoms with E-state index in [4.69, 9.17) is 9.47 Å². The standard InChI is InChI=1S/C19H15N3O5S/c1-11-2-3-12(8-15(11)22(24)25)14-10-28-19(20-14)21-18(23)13-4-5-16-17(9-13)27-7-6-26-16/h2-5,8-10H,6-7H2,1H3,(H,20,21,23). The molecule has 1 aliphatic heterocycles. The molecule has 28 heavy (non-hydrogen) atoms. The number of hydrogen-bond donors (Lipinski definition) is 1. The second kappa shape index (κ2) is 7.28. The minimum Gasteiger partial charge on any atom is -0.486 e. The van der Waals surface area contributed by atoms with Crippen molar-refractivity contribution in [1.82, 2.24) is 4.98 Å². The van der Waals surface area contributed by atoms with Crippen LogP contribution in [0.1, 0.15) is 15.9 Å². The van der Waals surface area contributed by atoms with Gasteiger partial charge in [0.1, 0.15) is 13.2 Å².